The number of ether oxygens (including phenoxy) is 1. The summed E-state index contributed by atoms with van der Waals surface area (Å²) in [5, 5.41) is 4.14. The third-order valence-electron chi connectivity index (χ3n) is 5.48. The fourth-order valence-electron chi connectivity index (χ4n) is 3.87. The first-order valence-electron chi connectivity index (χ1n) is 9.90. The van der Waals surface area contributed by atoms with E-state index >= 15 is 0 Å². The summed E-state index contributed by atoms with van der Waals surface area (Å²) in [7, 11) is 0. The third kappa shape index (κ3) is 3.49. The first-order chi connectivity index (χ1) is 14.1. The lowest BCUT2D eigenvalue weighted by atomic mass is 9.99. The molecule has 3 aromatic heterocycles. The summed E-state index contributed by atoms with van der Waals surface area (Å²) in [6, 6.07) is 11.7. The minimum absolute atomic E-state index is 0.380. The number of imidazole rings is 1. The quantitative estimate of drug-likeness (QED) is 0.555. The van der Waals surface area contributed by atoms with Crippen molar-refractivity contribution in [1.82, 2.24) is 19.5 Å². The maximum atomic E-state index is 6.44. The molecule has 2 N–H and O–H groups in total. The summed E-state index contributed by atoms with van der Waals surface area (Å²) in [6.07, 6.45) is 8.03. The summed E-state index contributed by atoms with van der Waals surface area (Å²) in [5.41, 5.74) is 9.75. The Bertz CT molecular complexity index is 1160. The number of pyridine rings is 1. The second kappa shape index (κ2) is 7.00. The Hall–Kier alpha value is -3.19. The van der Waals surface area contributed by atoms with Gasteiger partial charge in [0.25, 0.3) is 5.89 Å². The van der Waals surface area contributed by atoms with E-state index in [1.807, 2.05) is 53.2 Å². The lowest BCUT2D eigenvalue weighted by Crippen LogP contribution is -2.34. The molecule has 1 aliphatic carbocycles. The van der Waals surface area contributed by atoms with Crippen LogP contribution < -0.4 is 10.5 Å². The first-order valence-corrected chi connectivity index (χ1v) is 9.90. The van der Waals surface area contributed by atoms with Gasteiger partial charge in [0.05, 0.1) is 11.2 Å². The second-order valence-electron chi connectivity index (χ2n) is 7.81. The minimum Gasteiger partial charge on any atom is -0.487 e. The van der Waals surface area contributed by atoms with Crippen LogP contribution in [0.25, 0.3) is 17.1 Å². The highest BCUT2D eigenvalue weighted by atomic mass is 16.5. The van der Waals surface area contributed by atoms with E-state index in [1.54, 1.807) is 0 Å². The van der Waals surface area contributed by atoms with E-state index in [2.05, 4.69) is 22.0 Å². The lowest BCUT2D eigenvalue weighted by molar-refractivity contribution is 0.302. The van der Waals surface area contributed by atoms with Crippen molar-refractivity contribution >= 4 is 5.65 Å². The van der Waals surface area contributed by atoms with Gasteiger partial charge in [0.15, 0.2) is 5.82 Å². The van der Waals surface area contributed by atoms with E-state index in [9.17, 15) is 0 Å². The Morgan fingerprint density at radius 3 is 2.86 bits per heavy atom. The number of nitrogens with zero attached hydrogens (tertiary/aromatic N) is 4. The third-order valence-corrected chi connectivity index (χ3v) is 5.48. The molecular formula is C22H23N5O2. The van der Waals surface area contributed by atoms with Gasteiger partial charge in [-0.1, -0.05) is 30.1 Å². The summed E-state index contributed by atoms with van der Waals surface area (Å²) in [4.78, 5) is 9.14. The van der Waals surface area contributed by atoms with Gasteiger partial charge in [-0.15, -0.1) is 0 Å². The van der Waals surface area contributed by atoms with Crippen molar-refractivity contribution in [2.24, 2.45) is 5.73 Å². The van der Waals surface area contributed by atoms with Crippen LogP contribution in [-0.2, 0) is 12.1 Å². The zero-order valence-corrected chi connectivity index (χ0v) is 16.3. The highest BCUT2D eigenvalue weighted by Crippen LogP contribution is 2.35. The molecule has 0 saturated heterocycles. The van der Waals surface area contributed by atoms with Crippen LogP contribution in [0.1, 0.15) is 42.8 Å². The molecule has 0 spiro atoms. The molecular weight excluding hydrogens is 366 g/mol. The molecule has 7 nitrogen and oxygen atoms in total. The Labute approximate surface area is 168 Å². The first kappa shape index (κ1) is 17.9. The molecule has 0 radical (unpaired) electrons. The molecule has 4 aromatic rings. The molecule has 29 heavy (non-hydrogen) atoms. The second-order valence-corrected chi connectivity index (χ2v) is 7.81. The van der Waals surface area contributed by atoms with Gasteiger partial charge in [-0.25, -0.2) is 4.98 Å². The molecule has 0 bridgehead atoms. The van der Waals surface area contributed by atoms with Crippen LogP contribution in [0.4, 0.5) is 0 Å². The SMILES string of the molecule is Cc1ccc2nc(COc3cccc(-c4nc(C5(N)CCCC5)no4)c3)cn2c1. The van der Waals surface area contributed by atoms with Gasteiger partial charge in [-0.2, -0.15) is 4.98 Å². The van der Waals surface area contributed by atoms with Crippen LogP contribution in [0.2, 0.25) is 0 Å². The van der Waals surface area contributed by atoms with E-state index in [4.69, 9.17) is 15.0 Å². The number of benzene rings is 1. The van der Waals surface area contributed by atoms with Crippen molar-refractivity contribution < 1.29 is 9.26 Å². The van der Waals surface area contributed by atoms with Crippen LogP contribution in [0.15, 0.2) is 53.3 Å². The number of aryl methyl sites for hydroxylation is 1. The molecule has 0 unspecified atom stereocenters. The molecule has 7 heteroatoms. The van der Waals surface area contributed by atoms with E-state index in [0.717, 1.165) is 48.3 Å². The molecule has 0 atom stereocenters. The topological polar surface area (TPSA) is 91.5 Å². The largest absolute Gasteiger partial charge is 0.487 e. The maximum Gasteiger partial charge on any atom is 0.258 e. The number of aromatic nitrogens is 4. The smallest absolute Gasteiger partial charge is 0.258 e. The highest BCUT2D eigenvalue weighted by Gasteiger charge is 2.36. The fourth-order valence-corrected chi connectivity index (χ4v) is 3.87. The van der Waals surface area contributed by atoms with Crippen LogP contribution >= 0.6 is 0 Å². The molecule has 5 rings (SSSR count). The number of rotatable bonds is 5. The van der Waals surface area contributed by atoms with Gasteiger partial charge in [0, 0.05) is 18.0 Å². The number of nitrogens with two attached hydrogens (primary N) is 1. The molecule has 0 aliphatic heterocycles. The molecule has 1 fully saturated rings. The normalized spacial score (nSPS) is 15.8. The average molecular weight is 389 g/mol. The molecule has 1 aromatic carbocycles. The predicted molar refractivity (Wildman–Crippen MR) is 108 cm³/mol. The number of hydrogen-bond donors (Lipinski definition) is 1. The summed E-state index contributed by atoms with van der Waals surface area (Å²) in [6.45, 7) is 2.44. The van der Waals surface area contributed by atoms with Crippen LogP contribution in [-0.4, -0.2) is 19.5 Å². The molecule has 1 saturated carbocycles. The standard InChI is InChI=1S/C22H23N5O2/c1-15-7-8-19-24-17(13-27(19)12-15)14-28-18-6-4-5-16(11-18)20-25-21(26-29-20)22(23)9-2-3-10-22/h4-8,11-13H,2-3,9-10,14,23H2,1H3. The van der Waals surface area contributed by atoms with Crippen molar-refractivity contribution in [2.45, 2.75) is 44.8 Å². The predicted octanol–water partition coefficient (Wildman–Crippen LogP) is 4.00. The molecule has 1 aliphatic rings. The molecule has 0 amide bonds. The van der Waals surface area contributed by atoms with Crippen molar-refractivity contribution in [3.8, 4) is 17.2 Å². The Morgan fingerprint density at radius 2 is 2.00 bits per heavy atom. The summed E-state index contributed by atoms with van der Waals surface area (Å²) in [5.74, 6) is 1.78. The zero-order chi connectivity index (χ0) is 19.8. The highest BCUT2D eigenvalue weighted by molar-refractivity contribution is 5.55. The van der Waals surface area contributed by atoms with Gasteiger partial charge in [-0.3, -0.25) is 0 Å². The minimum atomic E-state index is -0.461. The van der Waals surface area contributed by atoms with E-state index in [1.165, 1.54) is 5.56 Å². The molecule has 3 heterocycles. The summed E-state index contributed by atoms with van der Waals surface area (Å²) < 4.78 is 13.4. The lowest BCUT2D eigenvalue weighted by Gasteiger charge is -2.17. The van der Waals surface area contributed by atoms with E-state index in [-0.39, 0.29) is 0 Å². The number of fused-ring (bicyclic) bond motifs is 1. The van der Waals surface area contributed by atoms with Crippen LogP contribution in [0.3, 0.4) is 0 Å². The van der Waals surface area contributed by atoms with Crippen molar-refractivity contribution in [1.29, 1.82) is 0 Å². The van der Waals surface area contributed by atoms with Gasteiger partial charge in [-0.05, 0) is 49.6 Å². The Kier molecular flexibility index (Phi) is 4.32. The van der Waals surface area contributed by atoms with Gasteiger partial charge >= 0.3 is 0 Å². The molecule has 148 valence electrons. The zero-order valence-electron chi connectivity index (χ0n) is 16.3. The Morgan fingerprint density at radius 1 is 1.14 bits per heavy atom. The van der Waals surface area contributed by atoms with Crippen molar-refractivity contribution in [3.05, 3.63) is 65.9 Å². The Balaban J connectivity index is 1.32. The van der Waals surface area contributed by atoms with Crippen LogP contribution in [0, 0.1) is 6.92 Å². The van der Waals surface area contributed by atoms with Crippen LogP contribution in [0.5, 0.6) is 5.75 Å². The van der Waals surface area contributed by atoms with Crippen molar-refractivity contribution in [3.63, 3.8) is 0 Å². The van der Waals surface area contributed by atoms with E-state index < -0.39 is 5.54 Å². The maximum absolute atomic E-state index is 6.44. The van der Waals surface area contributed by atoms with Gasteiger partial charge in [0.1, 0.15) is 18.0 Å². The van der Waals surface area contributed by atoms with Crippen molar-refractivity contribution in [2.75, 3.05) is 0 Å². The fraction of sp³-hybridized carbons (Fsp3) is 0.318. The van der Waals surface area contributed by atoms with Gasteiger partial charge in [0.2, 0.25) is 0 Å². The average Bonchev–Trinajstić information content (AvgIpc) is 3.46. The summed E-state index contributed by atoms with van der Waals surface area (Å²) >= 11 is 0. The number of hydrogen-bond acceptors (Lipinski definition) is 6. The van der Waals surface area contributed by atoms with Gasteiger partial charge < -0.3 is 19.4 Å². The van der Waals surface area contributed by atoms with E-state index in [0.29, 0.717) is 18.3 Å². The monoisotopic (exact) mass is 389 g/mol.